The molecule has 22 heavy (non-hydrogen) atoms. The minimum absolute atomic E-state index is 0.0510. The number of hydrogen-bond acceptors (Lipinski definition) is 5. The van der Waals surface area contributed by atoms with Crippen LogP contribution in [-0.2, 0) is 16.6 Å². The van der Waals surface area contributed by atoms with Crippen molar-refractivity contribution in [1.82, 2.24) is 4.90 Å². The van der Waals surface area contributed by atoms with Crippen LogP contribution in [0.5, 0.6) is 11.5 Å². The standard InChI is InChI=1S/C17H17NO4/c1-18-7-6-16-13-9-2-3-10(19)14(13)22-15(16)11(20)4-5-17(16,21)12(18)8-9/h2-5,12,15,19,21H,6-8H2,1H3/t12-,15+,16+,17-/m0/s1. The number of piperidine rings is 1. The molecule has 5 nitrogen and oxygen atoms in total. The molecule has 0 saturated carbocycles. The van der Waals surface area contributed by atoms with Crippen molar-refractivity contribution in [1.29, 1.82) is 0 Å². The van der Waals surface area contributed by atoms with Gasteiger partial charge in [-0.15, -0.1) is 0 Å². The number of ether oxygens (including phenoxy) is 1. The van der Waals surface area contributed by atoms with E-state index in [1.54, 1.807) is 12.1 Å². The fraction of sp³-hybridized carbons (Fsp3) is 0.471. The second-order valence-corrected chi connectivity index (χ2v) is 6.93. The monoisotopic (exact) mass is 299 g/mol. The molecule has 2 aliphatic heterocycles. The summed E-state index contributed by atoms with van der Waals surface area (Å²) < 4.78 is 5.89. The van der Waals surface area contributed by atoms with Crippen LogP contribution in [-0.4, -0.2) is 52.2 Å². The maximum atomic E-state index is 12.4. The number of likely N-dealkylation sites (tertiary alicyclic amines) is 1. The molecule has 1 fully saturated rings. The Balaban J connectivity index is 1.91. The third-order valence-corrected chi connectivity index (χ3v) is 6.14. The second-order valence-electron chi connectivity index (χ2n) is 6.93. The number of carbonyl (C=O) groups is 1. The number of phenols is 1. The topological polar surface area (TPSA) is 70.0 Å². The van der Waals surface area contributed by atoms with Crippen LogP contribution in [0.3, 0.4) is 0 Å². The lowest BCUT2D eigenvalue weighted by atomic mass is 9.51. The molecule has 2 aliphatic carbocycles. The van der Waals surface area contributed by atoms with E-state index in [0.717, 1.165) is 17.7 Å². The number of phenolic OH excluding ortho intramolecular Hbond substituents is 1. The Kier molecular flexibility index (Phi) is 2.04. The zero-order chi connectivity index (χ0) is 15.3. The summed E-state index contributed by atoms with van der Waals surface area (Å²) in [4.78, 5) is 14.6. The fourth-order valence-corrected chi connectivity index (χ4v) is 5.13. The number of nitrogens with zero attached hydrogens (tertiary/aromatic N) is 1. The highest BCUT2D eigenvalue weighted by atomic mass is 16.5. The van der Waals surface area contributed by atoms with Crippen LogP contribution in [0.1, 0.15) is 17.5 Å². The molecular weight excluding hydrogens is 282 g/mol. The van der Waals surface area contributed by atoms with Crippen molar-refractivity contribution in [3.05, 3.63) is 35.4 Å². The van der Waals surface area contributed by atoms with Gasteiger partial charge in [-0.1, -0.05) is 6.07 Å². The predicted molar refractivity (Wildman–Crippen MR) is 78.0 cm³/mol. The van der Waals surface area contributed by atoms with Gasteiger partial charge in [-0.2, -0.15) is 0 Å². The van der Waals surface area contributed by atoms with E-state index < -0.39 is 17.1 Å². The van der Waals surface area contributed by atoms with Crippen molar-refractivity contribution >= 4 is 5.78 Å². The molecule has 0 radical (unpaired) electrons. The molecule has 4 atom stereocenters. The van der Waals surface area contributed by atoms with Crippen molar-refractivity contribution in [3.8, 4) is 11.5 Å². The lowest BCUT2D eigenvalue weighted by molar-refractivity contribution is -0.151. The van der Waals surface area contributed by atoms with Crippen LogP contribution in [0.25, 0.3) is 0 Å². The molecule has 1 saturated heterocycles. The van der Waals surface area contributed by atoms with E-state index in [4.69, 9.17) is 4.74 Å². The van der Waals surface area contributed by atoms with Gasteiger partial charge in [-0.05, 0) is 50.2 Å². The maximum absolute atomic E-state index is 12.4. The lowest BCUT2D eigenvalue weighted by Crippen LogP contribution is -2.74. The summed E-state index contributed by atoms with van der Waals surface area (Å²) in [5.74, 6) is 0.312. The Morgan fingerprint density at radius 1 is 1.41 bits per heavy atom. The van der Waals surface area contributed by atoms with E-state index in [1.807, 2.05) is 13.1 Å². The molecule has 5 rings (SSSR count). The highest BCUT2D eigenvalue weighted by Gasteiger charge is 2.71. The quantitative estimate of drug-likeness (QED) is 0.731. The summed E-state index contributed by atoms with van der Waals surface area (Å²) in [7, 11) is 2.01. The van der Waals surface area contributed by atoms with Crippen LogP contribution in [0, 0.1) is 0 Å². The van der Waals surface area contributed by atoms with Crippen LogP contribution in [0.4, 0.5) is 0 Å². The number of benzene rings is 1. The Labute approximate surface area is 127 Å². The van der Waals surface area contributed by atoms with Gasteiger partial charge in [-0.3, -0.25) is 9.69 Å². The van der Waals surface area contributed by atoms with E-state index >= 15 is 0 Å². The van der Waals surface area contributed by atoms with Gasteiger partial charge in [0.1, 0.15) is 5.60 Å². The van der Waals surface area contributed by atoms with Gasteiger partial charge in [-0.25, -0.2) is 0 Å². The lowest BCUT2D eigenvalue weighted by Gasteiger charge is -2.60. The van der Waals surface area contributed by atoms with Crippen molar-refractivity contribution in [2.75, 3.05) is 13.6 Å². The first kappa shape index (κ1) is 12.7. The van der Waals surface area contributed by atoms with Crippen molar-refractivity contribution < 1.29 is 19.7 Å². The zero-order valence-corrected chi connectivity index (χ0v) is 12.2. The Hall–Kier alpha value is -1.85. The molecule has 1 aromatic carbocycles. The fourth-order valence-electron chi connectivity index (χ4n) is 5.13. The smallest absolute Gasteiger partial charge is 0.196 e. The third kappa shape index (κ3) is 1.08. The number of hydrogen-bond donors (Lipinski definition) is 2. The van der Waals surface area contributed by atoms with Gasteiger partial charge in [0.25, 0.3) is 0 Å². The average Bonchev–Trinajstić information content (AvgIpc) is 2.85. The molecule has 2 bridgehead atoms. The summed E-state index contributed by atoms with van der Waals surface area (Å²) in [6.07, 6.45) is 3.70. The van der Waals surface area contributed by atoms with Crippen molar-refractivity contribution in [2.24, 2.45) is 0 Å². The van der Waals surface area contributed by atoms with E-state index in [9.17, 15) is 15.0 Å². The summed E-state index contributed by atoms with van der Waals surface area (Å²) in [5, 5.41) is 21.7. The molecule has 0 unspecified atom stereocenters. The summed E-state index contributed by atoms with van der Waals surface area (Å²) in [6, 6.07) is 3.44. The zero-order valence-electron chi connectivity index (χ0n) is 12.2. The number of ketones is 1. The van der Waals surface area contributed by atoms with Gasteiger partial charge < -0.3 is 14.9 Å². The largest absolute Gasteiger partial charge is 0.504 e. The van der Waals surface area contributed by atoms with E-state index in [-0.39, 0.29) is 17.6 Å². The van der Waals surface area contributed by atoms with E-state index in [2.05, 4.69) is 4.90 Å². The molecular formula is C17H17NO4. The van der Waals surface area contributed by atoms with Crippen LogP contribution < -0.4 is 4.74 Å². The first-order chi connectivity index (χ1) is 10.5. The van der Waals surface area contributed by atoms with Crippen molar-refractivity contribution in [3.63, 3.8) is 0 Å². The van der Waals surface area contributed by atoms with Gasteiger partial charge >= 0.3 is 0 Å². The average molecular weight is 299 g/mol. The molecule has 0 amide bonds. The molecule has 2 heterocycles. The predicted octanol–water partition coefficient (Wildman–Crippen LogP) is 0.521. The van der Waals surface area contributed by atoms with Crippen LogP contribution in [0.15, 0.2) is 24.3 Å². The Morgan fingerprint density at radius 2 is 2.23 bits per heavy atom. The minimum Gasteiger partial charge on any atom is -0.504 e. The molecule has 5 heteroatoms. The second kappa shape index (κ2) is 3.55. The molecule has 2 N–H and O–H groups in total. The van der Waals surface area contributed by atoms with Crippen molar-refractivity contribution in [2.45, 2.75) is 36.0 Å². The number of aromatic hydroxyl groups is 1. The van der Waals surface area contributed by atoms with Crippen LogP contribution in [0.2, 0.25) is 0 Å². The number of aliphatic hydroxyl groups is 1. The summed E-state index contributed by atoms with van der Waals surface area (Å²) >= 11 is 0. The molecule has 4 aliphatic rings. The highest BCUT2D eigenvalue weighted by Crippen LogP contribution is 2.63. The Bertz CT molecular complexity index is 757. The normalized spacial score (nSPS) is 41.3. The maximum Gasteiger partial charge on any atom is 0.196 e. The Morgan fingerprint density at radius 3 is 3.05 bits per heavy atom. The minimum atomic E-state index is -1.13. The van der Waals surface area contributed by atoms with Crippen LogP contribution >= 0.6 is 0 Å². The first-order valence-electron chi connectivity index (χ1n) is 7.67. The number of likely N-dealkylation sites (N-methyl/N-ethyl adjacent to an activating group) is 1. The summed E-state index contributed by atoms with van der Waals surface area (Å²) in [5.41, 5.74) is 0.0177. The number of rotatable bonds is 0. The van der Waals surface area contributed by atoms with Gasteiger partial charge in [0, 0.05) is 11.6 Å². The van der Waals surface area contributed by atoms with E-state index in [1.165, 1.54) is 6.08 Å². The van der Waals surface area contributed by atoms with E-state index in [0.29, 0.717) is 18.6 Å². The molecule has 0 aromatic heterocycles. The van der Waals surface area contributed by atoms with Gasteiger partial charge in [0.05, 0.1) is 5.41 Å². The molecule has 114 valence electrons. The third-order valence-electron chi connectivity index (χ3n) is 6.14. The number of carbonyl (C=O) groups excluding carboxylic acids is 1. The van der Waals surface area contributed by atoms with Gasteiger partial charge in [0.15, 0.2) is 23.4 Å². The molecule has 1 aromatic rings. The SMILES string of the molecule is CN1CC[C@@]23c4c5ccc(O)c4O[C@@H]2C(=O)C=C[C@]3(O)[C@@H]1C5. The summed E-state index contributed by atoms with van der Waals surface area (Å²) in [6.45, 7) is 0.794. The van der Waals surface area contributed by atoms with Gasteiger partial charge in [0.2, 0.25) is 0 Å². The first-order valence-corrected chi connectivity index (χ1v) is 7.67. The highest BCUT2D eigenvalue weighted by molar-refractivity contribution is 5.99. The molecule has 1 spiro atoms.